The first-order valence-electron chi connectivity index (χ1n) is 7.64. The van der Waals surface area contributed by atoms with Crippen molar-refractivity contribution in [3.05, 3.63) is 29.8 Å². The summed E-state index contributed by atoms with van der Waals surface area (Å²) in [7, 11) is -1.79. The van der Waals surface area contributed by atoms with Crippen LogP contribution in [0.3, 0.4) is 0 Å². The van der Waals surface area contributed by atoms with Crippen molar-refractivity contribution < 1.29 is 17.9 Å². The number of hydrogen-bond acceptors (Lipinski definition) is 4. The molecule has 1 aromatic rings. The number of nitrogens with zero attached hydrogens (tertiary/aromatic N) is 1. The Labute approximate surface area is 138 Å². The van der Waals surface area contributed by atoms with Crippen molar-refractivity contribution in [2.75, 3.05) is 26.5 Å². The Morgan fingerprint density at radius 2 is 2.09 bits per heavy atom. The lowest BCUT2D eigenvalue weighted by atomic mass is 10.1. The summed E-state index contributed by atoms with van der Waals surface area (Å²) in [5.41, 5.74) is 1.05. The predicted octanol–water partition coefficient (Wildman–Crippen LogP) is 1.41. The van der Waals surface area contributed by atoms with Gasteiger partial charge in [-0.2, -0.15) is 4.31 Å². The summed E-state index contributed by atoms with van der Waals surface area (Å²) in [5, 5.41) is 2.76. The number of hydrogen-bond donors (Lipinski definition) is 1. The van der Waals surface area contributed by atoms with Crippen LogP contribution in [0.4, 0.5) is 0 Å². The molecule has 1 aromatic carbocycles. The van der Waals surface area contributed by atoms with Crippen LogP contribution in [0.5, 0.6) is 5.75 Å². The van der Waals surface area contributed by atoms with Gasteiger partial charge in [0.1, 0.15) is 5.75 Å². The molecule has 1 atom stereocenters. The van der Waals surface area contributed by atoms with E-state index >= 15 is 0 Å². The van der Waals surface area contributed by atoms with Crippen molar-refractivity contribution in [3.8, 4) is 5.75 Å². The van der Waals surface area contributed by atoms with E-state index in [2.05, 4.69) is 5.32 Å². The number of amides is 1. The Hall–Kier alpha value is -1.60. The van der Waals surface area contributed by atoms with Gasteiger partial charge in [-0.15, -0.1) is 0 Å². The average Bonchev–Trinajstić information content (AvgIpc) is 2.51. The highest BCUT2D eigenvalue weighted by Crippen LogP contribution is 2.12. The first-order chi connectivity index (χ1) is 10.8. The molecular weight excluding hydrogens is 316 g/mol. The molecule has 0 fully saturated rings. The molecule has 0 saturated heterocycles. The zero-order valence-corrected chi connectivity index (χ0v) is 15.0. The van der Waals surface area contributed by atoms with Gasteiger partial charge in [-0.05, 0) is 37.5 Å². The molecule has 6 nitrogen and oxygen atoms in total. The van der Waals surface area contributed by atoms with E-state index in [-0.39, 0.29) is 18.5 Å². The maximum absolute atomic E-state index is 12.0. The molecule has 1 N–H and O–H groups in total. The summed E-state index contributed by atoms with van der Waals surface area (Å²) in [6.07, 6.45) is 2.44. The minimum atomic E-state index is -3.40. The van der Waals surface area contributed by atoms with Gasteiger partial charge in [-0.25, -0.2) is 8.42 Å². The maximum Gasteiger partial charge on any atom is 0.235 e. The molecule has 0 aliphatic carbocycles. The van der Waals surface area contributed by atoms with Crippen molar-refractivity contribution in [2.45, 2.75) is 32.7 Å². The fraction of sp³-hybridized carbons (Fsp3) is 0.562. The summed E-state index contributed by atoms with van der Waals surface area (Å²) in [6, 6.07) is 7.42. The molecule has 0 radical (unpaired) electrons. The van der Waals surface area contributed by atoms with E-state index in [9.17, 15) is 13.2 Å². The standard InChI is InChI=1S/C16H26N2O4S/c1-5-13(2)18(23(4,20)21)12-16(19)17-10-9-14-7-6-8-15(11-14)22-3/h6-8,11,13H,5,9-10,12H2,1-4H3,(H,17,19). The molecule has 7 heteroatoms. The van der Waals surface area contributed by atoms with Gasteiger partial charge in [0.25, 0.3) is 0 Å². The van der Waals surface area contributed by atoms with Gasteiger partial charge < -0.3 is 10.1 Å². The number of nitrogens with one attached hydrogen (secondary N) is 1. The van der Waals surface area contributed by atoms with E-state index in [1.165, 1.54) is 4.31 Å². The topological polar surface area (TPSA) is 75.7 Å². The second-order valence-corrected chi connectivity index (χ2v) is 7.45. The lowest BCUT2D eigenvalue weighted by molar-refractivity contribution is -0.121. The monoisotopic (exact) mass is 342 g/mol. The van der Waals surface area contributed by atoms with E-state index in [0.29, 0.717) is 19.4 Å². The van der Waals surface area contributed by atoms with Crippen LogP contribution in [0, 0.1) is 0 Å². The third-order valence-corrected chi connectivity index (χ3v) is 5.02. The van der Waals surface area contributed by atoms with Crippen molar-refractivity contribution >= 4 is 15.9 Å². The van der Waals surface area contributed by atoms with E-state index in [1.807, 2.05) is 31.2 Å². The minimum Gasteiger partial charge on any atom is -0.497 e. The first-order valence-corrected chi connectivity index (χ1v) is 9.49. The molecule has 0 bridgehead atoms. The summed E-state index contributed by atoms with van der Waals surface area (Å²) in [6.45, 7) is 3.99. The molecular formula is C16H26N2O4S. The highest BCUT2D eigenvalue weighted by atomic mass is 32.2. The third-order valence-electron chi connectivity index (χ3n) is 3.68. The number of carbonyl (C=O) groups excluding carboxylic acids is 1. The van der Waals surface area contributed by atoms with Gasteiger partial charge in [0.15, 0.2) is 0 Å². The van der Waals surface area contributed by atoms with Crippen LogP contribution in [0.2, 0.25) is 0 Å². The van der Waals surface area contributed by atoms with E-state index in [4.69, 9.17) is 4.74 Å². The smallest absolute Gasteiger partial charge is 0.235 e. The van der Waals surface area contributed by atoms with Crippen molar-refractivity contribution in [1.82, 2.24) is 9.62 Å². The van der Waals surface area contributed by atoms with E-state index in [1.54, 1.807) is 14.0 Å². The van der Waals surface area contributed by atoms with Crippen molar-refractivity contribution in [2.24, 2.45) is 0 Å². The molecule has 0 aromatic heterocycles. The summed E-state index contributed by atoms with van der Waals surface area (Å²) >= 11 is 0. The summed E-state index contributed by atoms with van der Waals surface area (Å²) in [5.74, 6) is 0.479. The SMILES string of the molecule is CCC(C)N(CC(=O)NCCc1cccc(OC)c1)S(C)(=O)=O. The number of ether oxygens (including phenoxy) is 1. The van der Waals surface area contributed by atoms with Crippen LogP contribution >= 0.6 is 0 Å². The Morgan fingerprint density at radius 3 is 2.65 bits per heavy atom. The molecule has 1 unspecified atom stereocenters. The summed E-state index contributed by atoms with van der Waals surface area (Å²) in [4.78, 5) is 12.0. The Bertz CT molecular complexity index is 616. The molecule has 0 spiro atoms. The molecule has 23 heavy (non-hydrogen) atoms. The largest absolute Gasteiger partial charge is 0.497 e. The van der Waals surface area contributed by atoms with Crippen LogP contribution in [-0.4, -0.2) is 51.1 Å². The molecule has 0 heterocycles. The van der Waals surface area contributed by atoms with Gasteiger partial charge in [0.2, 0.25) is 15.9 Å². The number of rotatable bonds is 9. The van der Waals surface area contributed by atoms with Crippen LogP contribution in [-0.2, 0) is 21.2 Å². The lowest BCUT2D eigenvalue weighted by Crippen LogP contribution is -2.44. The van der Waals surface area contributed by atoms with Crippen LogP contribution in [0.25, 0.3) is 0 Å². The van der Waals surface area contributed by atoms with Crippen molar-refractivity contribution in [3.63, 3.8) is 0 Å². The van der Waals surface area contributed by atoms with Crippen LogP contribution < -0.4 is 10.1 Å². The molecule has 0 aliphatic heterocycles. The van der Waals surface area contributed by atoms with Gasteiger partial charge >= 0.3 is 0 Å². The average molecular weight is 342 g/mol. The van der Waals surface area contributed by atoms with Gasteiger partial charge in [-0.1, -0.05) is 19.1 Å². The molecule has 1 amide bonds. The van der Waals surface area contributed by atoms with Gasteiger partial charge in [-0.3, -0.25) is 4.79 Å². The number of benzene rings is 1. The zero-order chi connectivity index (χ0) is 17.5. The van der Waals surface area contributed by atoms with E-state index < -0.39 is 10.0 Å². The fourth-order valence-electron chi connectivity index (χ4n) is 2.18. The second-order valence-electron chi connectivity index (χ2n) is 5.52. The van der Waals surface area contributed by atoms with Crippen molar-refractivity contribution in [1.29, 1.82) is 0 Å². The quantitative estimate of drug-likeness (QED) is 0.736. The first kappa shape index (κ1) is 19.4. The number of methoxy groups -OCH3 is 1. The van der Waals surface area contributed by atoms with Gasteiger partial charge in [0.05, 0.1) is 19.9 Å². The van der Waals surface area contributed by atoms with Crippen LogP contribution in [0.1, 0.15) is 25.8 Å². The highest BCUT2D eigenvalue weighted by molar-refractivity contribution is 7.88. The Morgan fingerprint density at radius 1 is 1.39 bits per heavy atom. The molecule has 0 saturated carbocycles. The lowest BCUT2D eigenvalue weighted by Gasteiger charge is -2.25. The van der Waals surface area contributed by atoms with Crippen LogP contribution in [0.15, 0.2) is 24.3 Å². The zero-order valence-electron chi connectivity index (χ0n) is 14.2. The molecule has 1 rings (SSSR count). The number of sulfonamides is 1. The third kappa shape index (κ3) is 6.58. The highest BCUT2D eigenvalue weighted by Gasteiger charge is 2.24. The number of carbonyl (C=O) groups is 1. The second kappa shape index (κ2) is 8.88. The fourth-order valence-corrected chi connectivity index (χ4v) is 3.33. The predicted molar refractivity (Wildman–Crippen MR) is 91.0 cm³/mol. The normalized spacial score (nSPS) is 12.9. The van der Waals surface area contributed by atoms with Gasteiger partial charge in [0, 0.05) is 12.6 Å². The Balaban J connectivity index is 2.52. The van der Waals surface area contributed by atoms with E-state index in [0.717, 1.165) is 17.6 Å². The molecule has 130 valence electrons. The maximum atomic E-state index is 12.0. The minimum absolute atomic E-state index is 0.147. The Kier molecular flexibility index (Phi) is 7.51. The molecule has 0 aliphatic rings. The summed E-state index contributed by atoms with van der Waals surface area (Å²) < 4.78 is 29.9.